The number of aliphatic carboxylic acids is 1. The van der Waals surface area contributed by atoms with Crippen LogP contribution in [0.4, 0.5) is 0 Å². The maximum atomic E-state index is 13.0. The molecule has 196 valence electrons. The third-order valence-electron chi connectivity index (χ3n) is 5.53. The van der Waals surface area contributed by atoms with Crippen molar-refractivity contribution < 1.29 is 29.1 Å². The van der Waals surface area contributed by atoms with Gasteiger partial charge in [0.05, 0.1) is 12.5 Å². The van der Waals surface area contributed by atoms with Crippen molar-refractivity contribution in [2.45, 2.75) is 50.9 Å². The highest BCUT2D eigenvalue weighted by Gasteiger charge is 2.32. The minimum Gasteiger partial charge on any atom is -0.480 e. The second-order valence-corrected chi connectivity index (χ2v) is 9.08. The van der Waals surface area contributed by atoms with E-state index < -0.39 is 66.1 Å². The number of para-hydroxylation sites is 1. The molecule has 9 N–H and O–H groups in total. The number of carbonyl (C=O) groups excluding carboxylic acids is 4. The molecule has 4 unspecified atom stereocenters. The van der Waals surface area contributed by atoms with Crippen LogP contribution in [0.2, 0.25) is 0 Å². The summed E-state index contributed by atoms with van der Waals surface area (Å²) in [5, 5.41) is 17.2. The van der Waals surface area contributed by atoms with E-state index in [0.717, 1.165) is 16.5 Å². The molecule has 0 aliphatic carbocycles. The molecule has 0 aliphatic rings. The minimum absolute atomic E-state index is 0.211. The lowest BCUT2D eigenvalue weighted by Gasteiger charge is -2.26. The van der Waals surface area contributed by atoms with Gasteiger partial charge in [-0.25, -0.2) is 4.79 Å². The number of primary amides is 1. The normalized spacial score (nSPS) is 14.5. The van der Waals surface area contributed by atoms with Gasteiger partial charge in [0, 0.05) is 22.9 Å². The highest BCUT2D eigenvalue weighted by atomic mass is 32.1. The van der Waals surface area contributed by atoms with Gasteiger partial charge in [-0.15, -0.1) is 0 Å². The predicted molar refractivity (Wildman–Crippen MR) is 136 cm³/mol. The average Bonchev–Trinajstić information content (AvgIpc) is 3.22. The van der Waals surface area contributed by atoms with Crippen LogP contribution in [-0.4, -0.2) is 69.6 Å². The van der Waals surface area contributed by atoms with E-state index in [4.69, 9.17) is 16.6 Å². The van der Waals surface area contributed by atoms with E-state index in [-0.39, 0.29) is 12.2 Å². The van der Waals surface area contributed by atoms with Crippen LogP contribution in [0.15, 0.2) is 30.5 Å². The smallest absolute Gasteiger partial charge is 0.327 e. The molecule has 1 heterocycles. The Morgan fingerprint density at radius 3 is 2.22 bits per heavy atom. The highest BCUT2D eigenvalue weighted by molar-refractivity contribution is 7.80. The zero-order valence-electron chi connectivity index (χ0n) is 20.0. The molecular weight excluding hydrogens is 488 g/mol. The van der Waals surface area contributed by atoms with Gasteiger partial charge in [0.2, 0.25) is 23.6 Å². The standard InChI is InChI=1S/C23H32N6O6S/c1-11(2)19(22(33)27-16(8-18(25)30)21(32)28-17(10-36)23(34)35)29-20(31)14(24)7-12-9-26-15-6-4-3-5-13(12)15/h3-6,9,11,14,16-17,19,26,36H,7-8,10,24H2,1-2H3,(H2,25,30)(H,27,33)(H,28,32)(H,29,31)(H,34,35). The molecule has 0 aliphatic heterocycles. The van der Waals surface area contributed by atoms with Crippen LogP contribution in [-0.2, 0) is 30.4 Å². The molecule has 4 atom stereocenters. The lowest BCUT2D eigenvalue weighted by molar-refractivity contribution is -0.141. The summed E-state index contributed by atoms with van der Waals surface area (Å²) in [5.74, 6) is -5.10. The van der Waals surface area contributed by atoms with E-state index in [2.05, 4.69) is 33.6 Å². The second-order valence-electron chi connectivity index (χ2n) is 8.71. The summed E-state index contributed by atoms with van der Waals surface area (Å²) in [5.41, 5.74) is 13.1. The molecule has 0 saturated carbocycles. The molecule has 0 radical (unpaired) electrons. The first-order valence-corrected chi connectivity index (χ1v) is 11.9. The van der Waals surface area contributed by atoms with E-state index >= 15 is 0 Å². The Hall–Kier alpha value is -3.58. The number of benzene rings is 1. The SMILES string of the molecule is CC(C)C(NC(=O)C(N)Cc1c[nH]c2ccccc12)C(=O)NC(CC(N)=O)C(=O)NC(CS)C(=O)O. The monoisotopic (exact) mass is 520 g/mol. The quantitative estimate of drug-likeness (QED) is 0.155. The number of carboxylic acids is 1. The summed E-state index contributed by atoms with van der Waals surface area (Å²) in [6, 6.07) is 2.72. The number of aromatic amines is 1. The predicted octanol–water partition coefficient (Wildman–Crippen LogP) is -0.962. The van der Waals surface area contributed by atoms with Crippen molar-refractivity contribution in [2.75, 3.05) is 5.75 Å². The van der Waals surface area contributed by atoms with E-state index in [9.17, 15) is 24.0 Å². The Bertz CT molecular complexity index is 1120. The minimum atomic E-state index is -1.45. The van der Waals surface area contributed by atoms with Gasteiger partial charge in [0.15, 0.2) is 0 Å². The Labute approximate surface area is 213 Å². The van der Waals surface area contributed by atoms with Crippen LogP contribution in [0, 0.1) is 5.92 Å². The molecule has 36 heavy (non-hydrogen) atoms. The molecule has 0 spiro atoms. The van der Waals surface area contributed by atoms with Gasteiger partial charge in [0.1, 0.15) is 18.1 Å². The van der Waals surface area contributed by atoms with Crippen molar-refractivity contribution in [2.24, 2.45) is 17.4 Å². The van der Waals surface area contributed by atoms with E-state index in [1.807, 2.05) is 24.3 Å². The molecule has 13 heteroatoms. The van der Waals surface area contributed by atoms with Crippen molar-refractivity contribution >= 4 is 53.1 Å². The molecule has 4 amide bonds. The summed E-state index contributed by atoms with van der Waals surface area (Å²) < 4.78 is 0. The number of H-pyrrole nitrogens is 1. The van der Waals surface area contributed by atoms with Crippen molar-refractivity contribution in [3.8, 4) is 0 Å². The summed E-state index contributed by atoms with van der Waals surface area (Å²) in [7, 11) is 0. The lowest BCUT2D eigenvalue weighted by Crippen LogP contribution is -2.59. The van der Waals surface area contributed by atoms with Gasteiger partial charge >= 0.3 is 5.97 Å². The van der Waals surface area contributed by atoms with Gasteiger partial charge in [-0.1, -0.05) is 32.0 Å². The number of carboxylic acid groups (broad SMARTS) is 1. The number of nitrogens with two attached hydrogens (primary N) is 2. The number of hydrogen-bond acceptors (Lipinski definition) is 7. The van der Waals surface area contributed by atoms with Crippen LogP contribution >= 0.6 is 12.6 Å². The lowest BCUT2D eigenvalue weighted by atomic mass is 10.0. The number of hydrogen-bond donors (Lipinski definition) is 8. The van der Waals surface area contributed by atoms with Crippen molar-refractivity contribution in [3.63, 3.8) is 0 Å². The first-order valence-electron chi connectivity index (χ1n) is 11.3. The largest absolute Gasteiger partial charge is 0.480 e. The number of rotatable bonds is 13. The molecule has 1 aromatic heterocycles. The fourth-order valence-electron chi connectivity index (χ4n) is 3.56. The third kappa shape index (κ3) is 7.71. The van der Waals surface area contributed by atoms with Crippen LogP contribution in [0.1, 0.15) is 25.8 Å². The molecule has 1 aromatic carbocycles. The third-order valence-corrected chi connectivity index (χ3v) is 5.90. The topological polar surface area (TPSA) is 209 Å². The molecule has 0 fully saturated rings. The number of amides is 4. The zero-order valence-corrected chi connectivity index (χ0v) is 20.9. The zero-order chi connectivity index (χ0) is 27.0. The van der Waals surface area contributed by atoms with Gasteiger partial charge < -0.3 is 37.5 Å². The summed E-state index contributed by atoms with van der Waals surface area (Å²) >= 11 is 3.87. The van der Waals surface area contributed by atoms with Crippen molar-refractivity contribution in [3.05, 3.63) is 36.0 Å². The molecule has 0 bridgehead atoms. The Morgan fingerprint density at radius 2 is 1.64 bits per heavy atom. The maximum Gasteiger partial charge on any atom is 0.327 e. The molecule has 12 nitrogen and oxygen atoms in total. The fraction of sp³-hybridized carbons (Fsp3) is 0.435. The number of fused-ring (bicyclic) bond motifs is 1. The summed E-state index contributed by atoms with van der Waals surface area (Å²) in [4.78, 5) is 64.1. The Balaban J connectivity index is 2.10. The molecule has 0 saturated heterocycles. The van der Waals surface area contributed by atoms with Crippen LogP contribution < -0.4 is 27.4 Å². The number of nitrogens with one attached hydrogen (secondary N) is 4. The Morgan fingerprint density at radius 1 is 1.00 bits per heavy atom. The van der Waals surface area contributed by atoms with Gasteiger partial charge in [-0.3, -0.25) is 19.2 Å². The van der Waals surface area contributed by atoms with Crippen LogP contribution in [0.3, 0.4) is 0 Å². The first-order chi connectivity index (χ1) is 16.9. The maximum absolute atomic E-state index is 13.0. The van der Waals surface area contributed by atoms with E-state index in [1.54, 1.807) is 20.0 Å². The van der Waals surface area contributed by atoms with Gasteiger partial charge in [-0.05, 0) is 24.0 Å². The van der Waals surface area contributed by atoms with E-state index in [1.165, 1.54) is 0 Å². The van der Waals surface area contributed by atoms with Crippen LogP contribution in [0.5, 0.6) is 0 Å². The average molecular weight is 521 g/mol. The first kappa shape index (κ1) is 28.7. The second kappa shape index (κ2) is 12.9. The van der Waals surface area contributed by atoms with Gasteiger partial charge in [0.25, 0.3) is 0 Å². The highest BCUT2D eigenvalue weighted by Crippen LogP contribution is 2.19. The van der Waals surface area contributed by atoms with Gasteiger partial charge in [-0.2, -0.15) is 12.6 Å². The molecule has 2 rings (SSSR count). The van der Waals surface area contributed by atoms with E-state index in [0.29, 0.717) is 0 Å². The summed E-state index contributed by atoms with van der Waals surface area (Å²) in [6.45, 7) is 3.36. The van der Waals surface area contributed by atoms with Crippen LogP contribution in [0.25, 0.3) is 10.9 Å². The number of thiol groups is 1. The number of carbonyl (C=O) groups is 5. The molecular formula is C23H32N6O6S. The molecule has 2 aromatic rings. The Kier molecular flexibility index (Phi) is 10.3. The van der Waals surface area contributed by atoms with Crippen molar-refractivity contribution in [1.29, 1.82) is 0 Å². The van der Waals surface area contributed by atoms with Crippen molar-refractivity contribution in [1.82, 2.24) is 20.9 Å². The number of aromatic nitrogens is 1. The summed E-state index contributed by atoms with van der Waals surface area (Å²) in [6.07, 6.45) is 1.41. The fourth-order valence-corrected chi connectivity index (χ4v) is 3.80.